The first kappa shape index (κ1) is 14.4. The Kier molecular flexibility index (Phi) is 4.92. The highest BCUT2D eigenvalue weighted by Crippen LogP contribution is 2.14. The highest BCUT2D eigenvalue weighted by molar-refractivity contribution is 14.1. The summed E-state index contributed by atoms with van der Waals surface area (Å²) in [6, 6.07) is 0. The Bertz CT molecular complexity index is 445. The summed E-state index contributed by atoms with van der Waals surface area (Å²) >= 11 is 1.82. The molecule has 0 aliphatic heterocycles. The van der Waals surface area contributed by atoms with E-state index in [1.54, 1.807) is 6.92 Å². The van der Waals surface area contributed by atoms with E-state index < -0.39 is 12.8 Å². The Morgan fingerprint density at radius 2 is 2.18 bits per heavy atom. The van der Waals surface area contributed by atoms with E-state index in [0.717, 1.165) is 0 Å². The molecule has 1 aromatic heterocycles. The van der Waals surface area contributed by atoms with Gasteiger partial charge in [-0.3, -0.25) is 9.36 Å². The van der Waals surface area contributed by atoms with E-state index in [9.17, 15) is 18.0 Å². The zero-order chi connectivity index (χ0) is 13.1. The second-order valence-electron chi connectivity index (χ2n) is 3.28. The molecule has 0 fully saturated rings. The maximum absolute atomic E-state index is 11.8. The number of alkyl halides is 3. The van der Waals surface area contributed by atoms with Gasteiger partial charge in [0, 0.05) is 6.20 Å². The topological polar surface area (TPSA) is 44.1 Å². The highest BCUT2D eigenvalue weighted by Gasteiger charge is 2.27. The lowest BCUT2D eigenvalue weighted by molar-refractivity contribution is -0.174. The molecule has 0 N–H and O–H groups in total. The van der Waals surface area contributed by atoms with Crippen molar-refractivity contribution < 1.29 is 17.9 Å². The van der Waals surface area contributed by atoms with Crippen molar-refractivity contribution in [1.82, 2.24) is 9.55 Å². The molecule has 0 aromatic carbocycles. The molecule has 17 heavy (non-hydrogen) atoms. The van der Waals surface area contributed by atoms with Gasteiger partial charge in [0.25, 0.3) is 5.56 Å². The zero-order valence-electron chi connectivity index (χ0n) is 8.92. The van der Waals surface area contributed by atoms with Crippen LogP contribution in [0.4, 0.5) is 13.2 Å². The first-order chi connectivity index (χ1) is 7.81. The first-order valence-corrected chi connectivity index (χ1v) is 5.75. The second-order valence-corrected chi connectivity index (χ2v) is 4.44. The molecule has 0 atom stereocenters. The van der Waals surface area contributed by atoms with Gasteiger partial charge < -0.3 is 4.74 Å². The van der Waals surface area contributed by atoms with Gasteiger partial charge in [0.2, 0.25) is 0 Å². The molecule has 0 amide bonds. The summed E-state index contributed by atoms with van der Waals surface area (Å²) in [6.45, 7) is 0.187. The van der Waals surface area contributed by atoms with Gasteiger partial charge in [-0.1, -0.05) is 0 Å². The third-order valence-electron chi connectivity index (χ3n) is 1.93. The fourth-order valence-corrected chi connectivity index (χ4v) is 1.59. The number of ether oxygens (including phenoxy) is 1. The zero-order valence-corrected chi connectivity index (χ0v) is 11.1. The van der Waals surface area contributed by atoms with Crippen LogP contribution in [0, 0.1) is 10.5 Å². The van der Waals surface area contributed by atoms with Gasteiger partial charge >= 0.3 is 6.18 Å². The van der Waals surface area contributed by atoms with Crippen molar-refractivity contribution in [3.63, 3.8) is 0 Å². The molecule has 0 saturated heterocycles. The minimum atomic E-state index is -4.34. The third kappa shape index (κ3) is 4.62. The predicted octanol–water partition coefficient (Wildman–Crippen LogP) is 1.74. The molecule has 0 radical (unpaired) electrons. The van der Waals surface area contributed by atoms with Gasteiger partial charge in [0.05, 0.1) is 16.7 Å². The van der Waals surface area contributed by atoms with Crippen LogP contribution in [-0.4, -0.2) is 28.9 Å². The largest absolute Gasteiger partial charge is 0.411 e. The van der Waals surface area contributed by atoms with Crippen molar-refractivity contribution >= 4 is 22.6 Å². The molecule has 0 saturated carbocycles. The number of hydrogen-bond acceptors (Lipinski definition) is 3. The maximum Gasteiger partial charge on any atom is 0.411 e. The number of rotatable bonds is 4. The Hall–Kier alpha value is -0.640. The van der Waals surface area contributed by atoms with Crippen LogP contribution in [0.5, 0.6) is 0 Å². The first-order valence-electron chi connectivity index (χ1n) is 4.67. The summed E-state index contributed by atoms with van der Waals surface area (Å²) in [4.78, 5) is 15.6. The van der Waals surface area contributed by atoms with Crippen LogP contribution in [0.2, 0.25) is 0 Å². The van der Waals surface area contributed by atoms with Crippen molar-refractivity contribution in [2.24, 2.45) is 0 Å². The maximum atomic E-state index is 11.8. The predicted molar refractivity (Wildman–Crippen MR) is 62.8 cm³/mol. The van der Waals surface area contributed by atoms with Crippen LogP contribution in [0.25, 0.3) is 0 Å². The monoisotopic (exact) mass is 362 g/mol. The Balaban J connectivity index is 2.59. The quantitative estimate of drug-likeness (QED) is 0.606. The molecular weight excluding hydrogens is 352 g/mol. The van der Waals surface area contributed by atoms with Gasteiger partial charge in [0.15, 0.2) is 0 Å². The van der Waals surface area contributed by atoms with Crippen LogP contribution in [0.3, 0.4) is 0 Å². The van der Waals surface area contributed by atoms with E-state index in [1.807, 2.05) is 22.6 Å². The minimum Gasteiger partial charge on any atom is -0.370 e. The number of aromatic nitrogens is 2. The third-order valence-corrected chi connectivity index (χ3v) is 2.67. The molecule has 0 spiro atoms. The molecule has 4 nitrogen and oxygen atoms in total. The van der Waals surface area contributed by atoms with E-state index in [4.69, 9.17) is 0 Å². The van der Waals surface area contributed by atoms with Crippen LogP contribution >= 0.6 is 22.6 Å². The van der Waals surface area contributed by atoms with Gasteiger partial charge in [-0.05, 0) is 29.5 Å². The Morgan fingerprint density at radius 1 is 1.53 bits per heavy atom. The van der Waals surface area contributed by atoms with Gasteiger partial charge in [0.1, 0.15) is 12.4 Å². The highest BCUT2D eigenvalue weighted by atomic mass is 127. The fraction of sp³-hybridized carbons (Fsp3) is 0.556. The molecule has 0 aliphatic carbocycles. The minimum absolute atomic E-state index is 0.0601. The van der Waals surface area contributed by atoms with E-state index in [2.05, 4.69) is 9.72 Å². The summed E-state index contributed by atoms with van der Waals surface area (Å²) in [7, 11) is 0. The standard InChI is InChI=1S/C9H10F3IN2O2/c1-6-14-4-7(13)8(16)15(6)2-3-17-5-9(10,11)12/h4H,2-3,5H2,1H3. The van der Waals surface area contributed by atoms with Gasteiger partial charge in [-0.15, -0.1) is 0 Å². The van der Waals surface area contributed by atoms with E-state index in [-0.39, 0.29) is 18.7 Å². The fourth-order valence-electron chi connectivity index (χ4n) is 1.16. The molecule has 8 heteroatoms. The van der Waals surface area contributed by atoms with E-state index in [1.165, 1.54) is 10.8 Å². The van der Waals surface area contributed by atoms with Crippen molar-refractivity contribution in [3.8, 4) is 0 Å². The molecule has 0 aliphatic rings. The van der Waals surface area contributed by atoms with Crippen LogP contribution in [0.15, 0.2) is 11.0 Å². The normalized spacial score (nSPS) is 11.8. The summed E-state index contributed by atoms with van der Waals surface area (Å²) in [6.07, 6.45) is -2.92. The molecule has 1 heterocycles. The summed E-state index contributed by atoms with van der Waals surface area (Å²) in [5, 5.41) is 0. The smallest absolute Gasteiger partial charge is 0.370 e. The average Bonchev–Trinajstić information content (AvgIpc) is 2.21. The van der Waals surface area contributed by atoms with Crippen LogP contribution in [-0.2, 0) is 11.3 Å². The lowest BCUT2D eigenvalue weighted by Gasteiger charge is -2.11. The van der Waals surface area contributed by atoms with Gasteiger partial charge in [-0.2, -0.15) is 13.2 Å². The lowest BCUT2D eigenvalue weighted by atomic mass is 10.5. The van der Waals surface area contributed by atoms with E-state index >= 15 is 0 Å². The van der Waals surface area contributed by atoms with Crippen molar-refractivity contribution in [3.05, 3.63) is 25.9 Å². The number of nitrogens with zero attached hydrogens (tertiary/aromatic N) is 2. The van der Waals surface area contributed by atoms with E-state index in [0.29, 0.717) is 9.39 Å². The molecule has 0 bridgehead atoms. The summed E-state index contributed by atoms with van der Waals surface area (Å²) in [5.74, 6) is 0.450. The van der Waals surface area contributed by atoms with Gasteiger partial charge in [-0.25, -0.2) is 4.98 Å². The molecule has 1 aromatic rings. The molecular formula is C9H10F3IN2O2. The second kappa shape index (κ2) is 5.80. The lowest BCUT2D eigenvalue weighted by Crippen LogP contribution is -2.28. The molecule has 96 valence electrons. The number of hydrogen-bond donors (Lipinski definition) is 0. The molecule has 1 rings (SSSR count). The number of aryl methyl sites for hydroxylation is 1. The average molecular weight is 362 g/mol. The molecule has 0 unspecified atom stereocenters. The summed E-state index contributed by atoms with van der Waals surface area (Å²) in [5.41, 5.74) is -0.270. The van der Waals surface area contributed by atoms with Crippen molar-refractivity contribution in [2.75, 3.05) is 13.2 Å². The van der Waals surface area contributed by atoms with Crippen LogP contribution < -0.4 is 5.56 Å². The Morgan fingerprint density at radius 3 is 2.76 bits per heavy atom. The number of halogens is 4. The summed E-state index contributed by atoms with van der Waals surface area (Å²) < 4.78 is 41.5. The SMILES string of the molecule is Cc1ncc(I)c(=O)n1CCOCC(F)(F)F. The van der Waals surface area contributed by atoms with Crippen molar-refractivity contribution in [1.29, 1.82) is 0 Å². The van der Waals surface area contributed by atoms with Crippen molar-refractivity contribution in [2.45, 2.75) is 19.6 Å². The van der Waals surface area contributed by atoms with Crippen LogP contribution in [0.1, 0.15) is 5.82 Å². The Labute approximate surface area is 109 Å².